The summed E-state index contributed by atoms with van der Waals surface area (Å²) in [7, 11) is 0. The summed E-state index contributed by atoms with van der Waals surface area (Å²) in [6.07, 6.45) is 1.55. The molecule has 146 valence electrons. The third kappa shape index (κ3) is 3.96. The molecule has 1 aromatic heterocycles. The van der Waals surface area contributed by atoms with E-state index in [1.807, 2.05) is 36.4 Å². The fourth-order valence-corrected chi connectivity index (χ4v) is 3.53. The Labute approximate surface area is 175 Å². The van der Waals surface area contributed by atoms with Crippen molar-refractivity contribution in [1.29, 1.82) is 0 Å². The summed E-state index contributed by atoms with van der Waals surface area (Å²) < 4.78 is 0. The van der Waals surface area contributed by atoms with Crippen molar-refractivity contribution in [2.75, 3.05) is 22.5 Å². The molecule has 0 saturated heterocycles. The normalized spacial score (nSPS) is 10.8. The zero-order chi connectivity index (χ0) is 20.2. The van der Waals surface area contributed by atoms with Gasteiger partial charge in [-0.25, -0.2) is 9.97 Å². The largest absolute Gasteiger partial charge is 0.393 e. The van der Waals surface area contributed by atoms with Gasteiger partial charge in [0.1, 0.15) is 12.0 Å². The van der Waals surface area contributed by atoms with Gasteiger partial charge in [0, 0.05) is 23.5 Å². The Kier molecular flexibility index (Phi) is 5.49. The Morgan fingerprint density at radius 3 is 2.52 bits per heavy atom. The molecular formula is C23H22ClN5. The first-order valence-corrected chi connectivity index (χ1v) is 9.89. The highest BCUT2D eigenvalue weighted by Gasteiger charge is 2.17. The lowest BCUT2D eigenvalue weighted by molar-refractivity contribution is 0.979. The second-order valence-electron chi connectivity index (χ2n) is 6.68. The van der Waals surface area contributed by atoms with Gasteiger partial charge in [0.15, 0.2) is 11.6 Å². The van der Waals surface area contributed by atoms with Gasteiger partial charge in [-0.1, -0.05) is 60.1 Å². The molecule has 0 radical (unpaired) electrons. The van der Waals surface area contributed by atoms with Crippen LogP contribution in [-0.4, -0.2) is 16.5 Å². The fraction of sp³-hybridized carbons (Fsp3) is 0.130. The maximum Gasteiger partial charge on any atom is 0.161 e. The van der Waals surface area contributed by atoms with Gasteiger partial charge in [-0.3, -0.25) is 0 Å². The molecule has 3 aromatic carbocycles. The summed E-state index contributed by atoms with van der Waals surface area (Å²) in [5.74, 6) is 1.31. The first kappa shape index (κ1) is 19.0. The molecule has 0 unspecified atom stereocenters. The Balaban J connectivity index is 1.66. The predicted octanol–water partition coefficient (Wildman–Crippen LogP) is 5.64. The topological polar surface area (TPSA) is 67.1 Å². The van der Waals surface area contributed by atoms with E-state index in [1.165, 1.54) is 5.39 Å². The number of benzene rings is 3. The molecule has 0 aliphatic heterocycles. The molecule has 0 bridgehead atoms. The summed E-state index contributed by atoms with van der Waals surface area (Å²) in [5, 5.41) is 6.36. The van der Waals surface area contributed by atoms with E-state index in [0.29, 0.717) is 28.9 Å². The predicted molar refractivity (Wildman–Crippen MR) is 122 cm³/mol. The number of nitrogens with zero attached hydrogens (tertiary/aromatic N) is 3. The fourth-order valence-electron chi connectivity index (χ4n) is 3.41. The number of aromatic nitrogens is 2. The second kappa shape index (κ2) is 8.37. The number of nitrogens with two attached hydrogens (primary N) is 1. The second-order valence-corrected chi connectivity index (χ2v) is 7.12. The summed E-state index contributed by atoms with van der Waals surface area (Å²) in [6.45, 7) is 3.41. The Bertz CT molecular complexity index is 1120. The van der Waals surface area contributed by atoms with Gasteiger partial charge in [-0.2, -0.15) is 0 Å². The van der Waals surface area contributed by atoms with Crippen LogP contribution in [0.15, 0.2) is 73.1 Å². The van der Waals surface area contributed by atoms with E-state index in [2.05, 4.69) is 57.4 Å². The monoisotopic (exact) mass is 403 g/mol. The van der Waals surface area contributed by atoms with Crippen molar-refractivity contribution in [3.05, 3.63) is 83.6 Å². The zero-order valence-corrected chi connectivity index (χ0v) is 16.9. The van der Waals surface area contributed by atoms with Crippen LogP contribution < -0.4 is 16.0 Å². The molecule has 0 amide bonds. The van der Waals surface area contributed by atoms with Crippen molar-refractivity contribution in [2.45, 2.75) is 13.5 Å². The summed E-state index contributed by atoms with van der Waals surface area (Å²) in [5.41, 5.74) is 9.17. The van der Waals surface area contributed by atoms with Crippen molar-refractivity contribution in [2.24, 2.45) is 0 Å². The molecule has 0 fully saturated rings. The average Bonchev–Trinajstić information content (AvgIpc) is 2.76. The average molecular weight is 404 g/mol. The van der Waals surface area contributed by atoms with Crippen molar-refractivity contribution in [3.63, 3.8) is 0 Å². The van der Waals surface area contributed by atoms with Crippen LogP contribution in [0.2, 0.25) is 5.02 Å². The van der Waals surface area contributed by atoms with Crippen LogP contribution in [0.3, 0.4) is 0 Å². The molecule has 5 nitrogen and oxygen atoms in total. The van der Waals surface area contributed by atoms with Crippen LogP contribution in [0.5, 0.6) is 0 Å². The molecule has 0 atom stereocenters. The molecule has 4 rings (SSSR count). The van der Waals surface area contributed by atoms with Crippen LogP contribution in [-0.2, 0) is 6.54 Å². The van der Waals surface area contributed by atoms with Gasteiger partial charge in [0.05, 0.1) is 5.69 Å². The molecule has 29 heavy (non-hydrogen) atoms. The summed E-state index contributed by atoms with van der Waals surface area (Å²) in [6, 6.07) is 22.2. The molecule has 1 heterocycles. The molecule has 4 aromatic rings. The maximum atomic E-state index is 6.48. The van der Waals surface area contributed by atoms with Crippen LogP contribution in [0, 0.1) is 0 Å². The highest BCUT2D eigenvalue weighted by Crippen LogP contribution is 2.35. The first-order chi connectivity index (χ1) is 14.2. The van der Waals surface area contributed by atoms with Crippen LogP contribution >= 0.6 is 11.6 Å². The Morgan fingerprint density at radius 2 is 1.72 bits per heavy atom. The number of nitrogen functional groups attached to an aromatic ring is 1. The number of fused-ring (bicyclic) bond motifs is 1. The third-order valence-electron chi connectivity index (χ3n) is 4.87. The smallest absolute Gasteiger partial charge is 0.161 e. The maximum absolute atomic E-state index is 6.48. The zero-order valence-electron chi connectivity index (χ0n) is 16.1. The van der Waals surface area contributed by atoms with E-state index in [0.717, 1.165) is 23.2 Å². The van der Waals surface area contributed by atoms with E-state index >= 15 is 0 Å². The highest BCUT2D eigenvalue weighted by molar-refractivity contribution is 6.30. The minimum absolute atomic E-state index is 0.524. The van der Waals surface area contributed by atoms with Crippen molar-refractivity contribution in [1.82, 2.24) is 9.97 Å². The Hall–Kier alpha value is -3.31. The van der Waals surface area contributed by atoms with Crippen molar-refractivity contribution < 1.29 is 0 Å². The van der Waals surface area contributed by atoms with Crippen LogP contribution in [0.25, 0.3) is 10.8 Å². The minimum Gasteiger partial charge on any atom is -0.393 e. The highest BCUT2D eigenvalue weighted by atomic mass is 35.5. The van der Waals surface area contributed by atoms with Gasteiger partial charge in [-0.05, 0) is 36.1 Å². The van der Waals surface area contributed by atoms with E-state index in [9.17, 15) is 0 Å². The van der Waals surface area contributed by atoms with E-state index in [1.54, 1.807) is 6.33 Å². The van der Waals surface area contributed by atoms with Crippen molar-refractivity contribution >= 4 is 45.4 Å². The van der Waals surface area contributed by atoms with E-state index in [-0.39, 0.29) is 0 Å². The third-order valence-corrected chi connectivity index (χ3v) is 5.12. The number of hydrogen-bond donors (Lipinski definition) is 2. The molecular weight excluding hydrogens is 382 g/mol. The molecule has 0 saturated carbocycles. The van der Waals surface area contributed by atoms with Crippen LogP contribution in [0.4, 0.5) is 23.0 Å². The SMILES string of the molecule is CCN(c1ncnc(NCc2ccc(Cl)cc2)c1N)c1cccc2ccccc12. The van der Waals surface area contributed by atoms with Gasteiger partial charge in [0.25, 0.3) is 0 Å². The number of nitrogens with one attached hydrogen (secondary N) is 1. The molecule has 0 spiro atoms. The van der Waals surface area contributed by atoms with Crippen molar-refractivity contribution in [3.8, 4) is 0 Å². The van der Waals surface area contributed by atoms with E-state index < -0.39 is 0 Å². The summed E-state index contributed by atoms with van der Waals surface area (Å²) >= 11 is 5.96. The van der Waals surface area contributed by atoms with Gasteiger partial charge < -0.3 is 16.0 Å². The first-order valence-electron chi connectivity index (χ1n) is 9.51. The summed E-state index contributed by atoms with van der Waals surface area (Å²) in [4.78, 5) is 11.0. The van der Waals surface area contributed by atoms with Gasteiger partial charge >= 0.3 is 0 Å². The van der Waals surface area contributed by atoms with Gasteiger partial charge in [0.2, 0.25) is 0 Å². The Morgan fingerprint density at radius 1 is 0.966 bits per heavy atom. The molecule has 0 aliphatic rings. The lowest BCUT2D eigenvalue weighted by atomic mass is 10.1. The van der Waals surface area contributed by atoms with E-state index in [4.69, 9.17) is 17.3 Å². The number of rotatable bonds is 6. The molecule has 6 heteroatoms. The number of anilines is 4. The quantitative estimate of drug-likeness (QED) is 0.436. The lowest BCUT2D eigenvalue weighted by Gasteiger charge is -2.25. The van der Waals surface area contributed by atoms with Crippen LogP contribution in [0.1, 0.15) is 12.5 Å². The number of hydrogen-bond acceptors (Lipinski definition) is 5. The molecule has 3 N–H and O–H groups in total. The standard InChI is InChI=1S/C23H22ClN5/c1-2-29(20-9-5-7-17-6-3-4-8-19(17)20)23-21(25)22(27-15-28-23)26-14-16-10-12-18(24)13-11-16/h3-13,15H,2,14,25H2,1H3,(H,26,27,28). The number of halogens is 1. The lowest BCUT2D eigenvalue weighted by Crippen LogP contribution is -2.20. The minimum atomic E-state index is 0.524. The van der Waals surface area contributed by atoms with Gasteiger partial charge in [-0.15, -0.1) is 0 Å². The molecule has 0 aliphatic carbocycles.